The zero-order chi connectivity index (χ0) is 22.9. The van der Waals surface area contributed by atoms with Crippen molar-refractivity contribution in [3.63, 3.8) is 0 Å². The van der Waals surface area contributed by atoms with E-state index in [4.69, 9.17) is 9.47 Å². The summed E-state index contributed by atoms with van der Waals surface area (Å²) < 4.78 is 10.9. The van der Waals surface area contributed by atoms with Crippen LogP contribution in [-0.2, 0) is 4.79 Å². The first kappa shape index (κ1) is 22.8. The number of carbonyl (C=O) groups is 3. The fraction of sp³-hybridized carbons (Fsp3) is 0.174. The Morgan fingerprint density at radius 2 is 1.59 bits per heavy atom. The van der Waals surface area contributed by atoms with Crippen molar-refractivity contribution >= 4 is 34.7 Å². The molecule has 0 saturated heterocycles. The lowest BCUT2D eigenvalue weighted by Gasteiger charge is -2.15. The Bertz CT molecular complexity index is 1050. The molecule has 3 aromatic rings. The number of benzene rings is 2. The largest absolute Gasteiger partial charge is 0.494 e. The van der Waals surface area contributed by atoms with Gasteiger partial charge in [0.1, 0.15) is 11.5 Å². The third-order valence-electron chi connectivity index (χ3n) is 4.27. The van der Waals surface area contributed by atoms with E-state index in [1.165, 1.54) is 11.3 Å². The Kier molecular flexibility index (Phi) is 7.82. The van der Waals surface area contributed by atoms with Crippen molar-refractivity contribution in [3.05, 3.63) is 76.5 Å². The van der Waals surface area contributed by atoms with Gasteiger partial charge in [0.05, 0.1) is 11.5 Å². The molecule has 3 N–H and O–H groups in total. The highest BCUT2D eigenvalue weighted by Gasteiger charge is 2.16. The molecular weight excluding hydrogens is 430 g/mol. The third kappa shape index (κ3) is 6.32. The lowest BCUT2D eigenvalue weighted by molar-refractivity contribution is -0.128. The predicted octanol–water partition coefficient (Wildman–Crippen LogP) is 3.63. The second-order valence-electron chi connectivity index (χ2n) is 6.62. The number of hydrogen-bond donors (Lipinski definition) is 3. The Labute approximate surface area is 189 Å². The van der Waals surface area contributed by atoms with Gasteiger partial charge in [-0.1, -0.05) is 6.07 Å². The highest BCUT2D eigenvalue weighted by molar-refractivity contribution is 7.12. The molecule has 0 spiro atoms. The van der Waals surface area contributed by atoms with Gasteiger partial charge in [0.15, 0.2) is 6.10 Å². The van der Waals surface area contributed by atoms with Crippen molar-refractivity contribution in [2.24, 2.45) is 0 Å². The minimum Gasteiger partial charge on any atom is -0.494 e. The molecule has 32 heavy (non-hydrogen) atoms. The lowest BCUT2D eigenvalue weighted by Crippen LogP contribution is -2.47. The second kappa shape index (κ2) is 11.0. The summed E-state index contributed by atoms with van der Waals surface area (Å²) in [6.45, 7) is 4.03. The maximum atomic E-state index is 12.3. The van der Waals surface area contributed by atoms with E-state index in [9.17, 15) is 14.4 Å². The minimum absolute atomic E-state index is 0.217. The highest BCUT2D eigenvalue weighted by atomic mass is 32.1. The monoisotopic (exact) mass is 453 g/mol. The van der Waals surface area contributed by atoms with E-state index in [0.717, 1.165) is 0 Å². The zero-order valence-electron chi connectivity index (χ0n) is 17.6. The quantitative estimate of drug-likeness (QED) is 0.452. The fourth-order valence-corrected chi connectivity index (χ4v) is 3.26. The summed E-state index contributed by atoms with van der Waals surface area (Å²) in [4.78, 5) is 37.2. The summed E-state index contributed by atoms with van der Waals surface area (Å²) in [5.41, 5.74) is 5.57. The van der Waals surface area contributed by atoms with Crippen LogP contribution >= 0.6 is 11.3 Å². The van der Waals surface area contributed by atoms with Gasteiger partial charge < -0.3 is 14.8 Å². The van der Waals surface area contributed by atoms with E-state index in [1.54, 1.807) is 67.6 Å². The van der Waals surface area contributed by atoms with Crippen LogP contribution < -0.4 is 25.6 Å². The molecule has 0 aliphatic heterocycles. The number of rotatable bonds is 8. The molecule has 1 aromatic heterocycles. The topological polar surface area (TPSA) is 106 Å². The van der Waals surface area contributed by atoms with Gasteiger partial charge in [0.25, 0.3) is 17.7 Å². The number of carbonyl (C=O) groups excluding carboxylic acids is 3. The number of hydrogen-bond acceptors (Lipinski definition) is 6. The first-order valence-corrected chi connectivity index (χ1v) is 10.8. The lowest BCUT2D eigenvalue weighted by atomic mass is 10.2. The van der Waals surface area contributed by atoms with Crippen molar-refractivity contribution in [1.29, 1.82) is 0 Å². The Morgan fingerprint density at radius 3 is 2.22 bits per heavy atom. The van der Waals surface area contributed by atoms with Crippen LogP contribution in [0.2, 0.25) is 0 Å². The summed E-state index contributed by atoms with van der Waals surface area (Å²) in [7, 11) is 0. The molecule has 1 atom stereocenters. The summed E-state index contributed by atoms with van der Waals surface area (Å²) in [5, 5.41) is 4.57. The molecule has 0 fully saturated rings. The molecular formula is C23H23N3O5S. The zero-order valence-corrected chi connectivity index (χ0v) is 18.4. The maximum Gasteiger partial charge on any atom is 0.279 e. The third-order valence-corrected chi connectivity index (χ3v) is 5.13. The number of nitrogens with one attached hydrogen (secondary N) is 3. The van der Waals surface area contributed by atoms with Gasteiger partial charge in [-0.2, -0.15) is 0 Å². The molecule has 9 heteroatoms. The molecule has 0 bridgehead atoms. The van der Waals surface area contributed by atoms with Gasteiger partial charge in [0.2, 0.25) is 0 Å². The van der Waals surface area contributed by atoms with E-state index in [1.807, 2.05) is 12.3 Å². The van der Waals surface area contributed by atoms with Crippen LogP contribution in [0.4, 0.5) is 5.69 Å². The first-order chi connectivity index (χ1) is 15.5. The number of thiophene rings is 1. The standard InChI is InChI=1S/C23H23N3O5S/c1-3-30-18-10-12-19(13-11-18)31-15(2)21(27)25-26-22(28)16-6-8-17(9-7-16)24-23(29)20-5-4-14-32-20/h4-15H,3H2,1-2H3,(H,24,29)(H,25,27)(H,26,28). The van der Waals surface area contributed by atoms with Crippen LogP contribution in [0.3, 0.4) is 0 Å². The molecule has 166 valence electrons. The number of ether oxygens (including phenoxy) is 2. The summed E-state index contributed by atoms with van der Waals surface area (Å²) in [6.07, 6.45) is -0.830. The maximum absolute atomic E-state index is 12.3. The van der Waals surface area contributed by atoms with Crippen molar-refractivity contribution in [2.45, 2.75) is 20.0 Å². The average Bonchev–Trinajstić information content (AvgIpc) is 3.34. The van der Waals surface area contributed by atoms with Crippen molar-refractivity contribution in [2.75, 3.05) is 11.9 Å². The Hall–Kier alpha value is -3.85. The van der Waals surface area contributed by atoms with Gasteiger partial charge >= 0.3 is 0 Å². The van der Waals surface area contributed by atoms with Crippen molar-refractivity contribution < 1.29 is 23.9 Å². The molecule has 0 radical (unpaired) electrons. The average molecular weight is 454 g/mol. The first-order valence-electron chi connectivity index (χ1n) is 9.91. The minimum atomic E-state index is -0.830. The normalized spacial score (nSPS) is 11.2. The molecule has 3 rings (SSSR count). The Balaban J connectivity index is 1.46. The number of hydrazine groups is 1. The van der Waals surface area contributed by atoms with Gasteiger partial charge in [-0.25, -0.2) is 0 Å². The molecule has 0 aliphatic rings. The SMILES string of the molecule is CCOc1ccc(OC(C)C(=O)NNC(=O)c2ccc(NC(=O)c3cccs3)cc2)cc1. The van der Waals surface area contributed by atoms with E-state index in [0.29, 0.717) is 34.2 Å². The van der Waals surface area contributed by atoms with Crippen molar-refractivity contribution in [3.8, 4) is 11.5 Å². The van der Waals surface area contributed by atoms with Crippen LogP contribution in [0.1, 0.15) is 33.9 Å². The summed E-state index contributed by atoms with van der Waals surface area (Å²) in [6, 6.07) is 16.7. The number of amides is 3. The van der Waals surface area contributed by atoms with Crippen LogP contribution in [0, 0.1) is 0 Å². The smallest absolute Gasteiger partial charge is 0.279 e. The van der Waals surface area contributed by atoms with Gasteiger partial charge in [-0.15, -0.1) is 11.3 Å². The van der Waals surface area contributed by atoms with Crippen LogP contribution in [0.25, 0.3) is 0 Å². The molecule has 2 aromatic carbocycles. The fourth-order valence-electron chi connectivity index (χ4n) is 2.64. The number of anilines is 1. The molecule has 3 amide bonds. The van der Waals surface area contributed by atoms with Gasteiger partial charge in [-0.3, -0.25) is 25.2 Å². The summed E-state index contributed by atoms with van der Waals surface area (Å²) in [5.74, 6) is -0.00950. The molecule has 1 heterocycles. The molecule has 0 aliphatic carbocycles. The molecule has 0 saturated carbocycles. The van der Waals surface area contributed by atoms with Crippen molar-refractivity contribution in [1.82, 2.24) is 10.9 Å². The van der Waals surface area contributed by atoms with Gasteiger partial charge in [-0.05, 0) is 73.8 Å². The predicted molar refractivity (Wildman–Crippen MR) is 122 cm³/mol. The summed E-state index contributed by atoms with van der Waals surface area (Å²) >= 11 is 1.34. The van der Waals surface area contributed by atoms with Gasteiger partial charge in [0, 0.05) is 11.3 Å². The van der Waals surface area contributed by atoms with E-state index in [-0.39, 0.29) is 5.91 Å². The molecule has 8 nitrogen and oxygen atoms in total. The van der Waals surface area contributed by atoms with E-state index < -0.39 is 17.9 Å². The highest BCUT2D eigenvalue weighted by Crippen LogP contribution is 2.18. The Morgan fingerprint density at radius 1 is 0.906 bits per heavy atom. The van der Waals surface area contributed by atoms with E-state index in [2.05, 4.69) is 16.2 Å². The second-order valence-corrected chi connectivity index (χ2v) is 7.56. The van der Waals surface area contributed by atoms with Crippen LogP contribution in [0.5, 0.6) is 11.5 Å². The van der Waals surface area contributed by atoms with Crippen LogP contribution in [0.15, 0.2) is 66.0 Å². The van der Waals surface area contributed by atoms with Crippen LogP contribution in [-0.4, -0.2) is 30.4 Å². The van der Waals surface area contributed by atoms with E-state index >= 15 is 0 Å². The molecule has 1 unspecified atom stereocenters.